The number of anilines is 1. The van der Waals surface area contributed by atoms with Gasteiger partial charge in [-0.25, -0.2) is 9.78 Å². The zero-order valence-corrected chi connectivity index (χ0v) is 9.81. The molecule has 0 aliphatic rings. The fourth-order valence-electron chi connectivity index (χ4n) is 1.36. The van der Waals surface area contributed by atoms with Crippen LogP contribution in [0.25, 0.3) is 0 Å². The third-order valence-corrected chi connectivity index (χ3v) is 2.31. The molecular formula is C11H17N3O3. The lowest BCUT2D eigenvalue weighted by Gasteiger charge is -2.05. The maximum absolute atomic E-state index is 10.6. The number of aromatic hydroxyl groups is 1. The highest BCUT2D eigenvalue weighted by atomic mass is 16.4. The van der Waals surface area contributed by atoms with Gasteiger partial charge >= 0.3 is 5.97 Å². The van der Waals surface area contributed by atoms with Crippen LogP contribution in [0.3, 0.4) is 0 Å². The number of nitrogens with zero attached hydrogens (tertiary/aromatic N) is 2. The van der Waals surface area contributed by atoms with Crippen molar-refractivity contribution in [2.75, 3.05) is 11.9 Å². The predicted octanol–water partition coefficient (Wildman–Crippen LogP) is 1.87. The number of carbonyl (C=O) groups is 1. The number of nitrogens with one attached hydrogen (secondary N) is 1. The molecule has 0 saturated heterocycles. The Morgan fingerprint density at radius 1 is 1.41 bits per heavy atom. The minimum atomic E-state index is -1.24. The Bertz CT molecular complexity index is 382. The van der Waals surface area contributed by atoms with Crippen molar-refractivity contribution in [3.05, 3.63) is 11.8 Å². The van der Waals surface area contributed by atoms with Crippen LogP contribution in [-0.4, -0.2) is 32.7 Å². The highest BCUT2D eigenvalue weighted by Crippen LogP contribution is 2.14. The normalized spacial score (nSPS) is 10.2. The molecule has 6 heteroatoms. The van der Waals surface area contributed by atoms with Gasteiger partial charge in [0.25, 0.3) is 0 Å². The van der Waals surface area contributed by atoms with Gasteiger partial charge in [-0.1, -0.05) is 26.2 Å². The van der Waals surface area contributed by atoms with Crippen molar-refractivity contribution in [1.29, 1.82) is 0 Å². The second-order valence-corrected chi connectivity index (χ2v) is 3.72. The molecule has 6 nitrogen and oxygen atoms in total. The molecule has 0 amide bonds. The van der Waals surface area contributed by atoms with Gasteiger partial charge in [0.05, 0.1) is 6.20 Å². The first-order chi connectivity index (χ1) is 8.15. The standard InChI is InChI=1S/C11H17N3O3/c1-2-3-4-5-6-12-11-13-7-8(10(16)17)9(15)14-11/h7H,2-6H2,1H3,(H,16,17)(H2,12,13,14,15). The number of rotatable bonds is 7. The SMILES string of the molecule is CCCCCCNc1ncc(C(=O)O)c(O)n1. The maximum Gasteiger partial charge on any atom is 0.342 e. The third kappa shape index (κ3) is 4.26. The summed E-state index contributed by atoms with van der Waals surface area (Å²) in [7, 11) is 0. The van der Waals surface area contributed by atoms with Crippen LogP contribution in [0.15, 0.2) is 6.20 Å². The topological polar surface area (TPSA) is 95.3 Å². The van der Waals surface area contributed by atoms with E-state index in [1.165, 1.54) is 12.8 Å². The van der Waals surface area contributed by atoms with Crippen molar-refractivity contribution >= 4 is 11.9 Å². The Morgan fingerprint density at radius 3 is 2.76 bits per heavy atom. The van der Waals surface area contributed by atoms with Crippen LogP contribution in [0.2, 0.25) is 0 Å². The first-order valence-corrected chi connectivity index (χ1v) is 5.68. The largest absolute Gasteiger partial charge is 0.493 e. The van der Waals surface area contributed by atoms with Crippen molar-refractivity contribution in [3.63, 3.8) is 0 Å². The summed E-state index contributed by atoms with van der Waals surface area (Å²) in [6.07, 6.45) is 5.58. The van der Waals surface area contributed by atoms with E-state index in [1.807, 2.05) is 0 Å². The van der Waals surface area contributed by atoms with E-state index in [0.717, 1.165) is 19.0 Å². The van der Waals surface area contributed by atoms with Gasteiger partial charge in [0.1, 0.15) is 5.56 Å². The molecule has 0 unspecified atom stereocenters. The number of hydrogen-bond acceptors (Lipinski definition) is 5. The molecule has 17 heavy (non-hydrogen) atoms. The van der Waals surface area contributed by atoms with E-state index in [4.69, 9.17) is 5.11 Å². The number of aromatic nitrogens is 2. The lowest BCUT2D eigenvalue weighted by molar-refractivity contribution is 0.0692. The first kappa shape index (κ1) is 13.2. The summed E-state index contributed by atoms with van der Waals surface area (Å²) >= 11 is 0. The Hall–Kier alpha value is -1.85. The zero-order valence-electron chi connectivity index (χ0n) is 9.81. The van der Waals surface area contributed by atoms with Crippen molar-refractivity contribution in [1.82, 2.24) is 9.97 Å². The highest BCUT2D eigenvalue weighted by molar-refractivity contribution is 5.89. The molecule has 0 fully saturated rings. The Morgan fingerprint density at radius 2 is 2.18 bits per heavy atom. The average molecular weight is 239 g/mol. The molecule has 0 saturated carbocycles. The molecule has 1 aromatic heterocycles. The molecule has 0 aromatic carbocycles. The van der Waals surface area contributed by atoms with Crippen molar-refractivity contribution in [3.8, 4) is 5.88 Å². The first-order valence-electron chi connectivity index (χ1n) is 5.68. The highest BCUT2D eigenvalue weighted by Gasteiger charge is 2.11. The molecule has 1 aromatic rings. The van der Waals surface area contributed by atoms with E-state index in [-0.39, 0.29) is 11.5 Å². The molecule has 0 aliphatic carbocycles. The number of carboxylic acids is 1. The number of carboxylic acid groups (broad SMARTS) is 1. The van der Waals surface area contributed by atoms with E-state index in [2.05, 4.69) is 22.2 Å². The summed E-state index contributed by atoms with van der Waals surface area (Å²) in [4.78, 5) is 18.1. The van der Waals surface area contributed by atoms with Crippen LogP contribution in [0.5, 0.6) is 5.88 Å². The Balaban J connectivity index is 2.45. The molecule has 94 valence electrons. The summed E-state index contributed by atoms with van der Waals surface area (Å²) < 4.78 is 0. The molecule has 0 radical (unpaired) electrons. The monoisotopic (exact) mass is 239 g/mol. The van der Waals surface area contributed by atoms with Gasteiger partial charge in [-0.15, -0.1) is 0 Å². The van der Waals surface area contributed by atoms with Crippen LogP contribution in [0, 0.1) is 0 Å². The summed E-state index contributed by atoms with van der Waals surface area (Å²) in [6, 6.07) is 0. The summed E-state index contributed by atoms with van der Waals surface area (Å²) in [5, 5.41) is 20.9. The minimum absolute atomic E-state index is 0.254. The summed E-state index contributed by atoms with van der Waals surface area (Å²) in [5.74, 6) is -1.50. The van der Waals surface area contributed by atoms with Gasteiger partial charge in [-0.2, -0.15) is 4.98 Å². The maximum atomic E-state index is 10.6. The number of aromatic carboxylic acids is 1. The fraction of sp³-hybridized carbons (Fsp3) is 0.545. The molecule has 0 atom stereocenters. The van der Waals surface area contributed by atoms with Crippen LogP contribution in [0.1, 0.15) is 43.0 Å². The van der Waals surface area contributed by atoms with E-state index < -0.39 is 11.8 Å². The molecule has 0 spiro atoms. The van der Waals surface area contributed by atoms with Gasteiger partial charge in [0.15, 0.2) is 0 Å². The third-order valence-electron chi connectivity index (χ3n) is 2.31. The predicted molar refractivity (Wildman–Crippen MR) is 63.3 cm³/mol. The van der Waals surface area contributed by atoms with Gasteiger partial charge in [0, 0.05) is 6.54 Å². The summed E-state index contributed by atoms with van der Waals surface area (Å²) in [5.41, 5.74) is -0.290. The second kappa shape index (κ2) is 6.67. The van der Waals surface area contributed by atoms with Crippen LogP contribution in [-0.2, 0) is 0 Å². The molecule has 1 rings (SSSR count). The quantitative estimate of drug-likeness (QED) is 0.629. The fourth-order valence-corrected chi connectivity index (χ4v) is 1.36. The van der Waals surface area contributed by atoms with Crippen LogP contribution < -0.4 is 5.32 Å². The van der Waals surface area contributed by atoms with Gasteiger partial charge in [-0.05, 0) is 6.42 Å². The molecule has 0 aliphatic heterocycles. The lowest BCUT2D eigenvalue weighted by atomic mass is 10.2. The molecule has 3 N–H and O–H groups in total. The van der Waals surface area contributed by atoms with Gasteiger partial charge < -0.3 is 15.5 Å². The Kier molecular flexibility index (Phi) is 5.19. The van der Waals surface area contributed by atoms with Crippen molar-refractivity contribution in [2.45, 2.75) is 32.6 Å². The smallest absolute Gasteiger partial charge is 0.342 e. The molecule has 1 heterocycles. The molecule has 0 bridgehead atoms. The van der Waals surface area contributed by atoms with Gasteiger partial charge in [-0.3, -0.25) is 0 Å². The van der Waals surface area contributed by atoms with Crippen LogP contribution in [0.4, 0.5) is 5.95 Å². The lowest BCUT2D eigenvalue weighted by Crippen LogP contribution is -2.07. The van der Waals surface area contributed by atoms with Crippen LogP contribution >= 0.6 is 0 Å². The van der Waals surface area contributed by atoms with Crippen molar-refractivity contribution in [2.24, 2.45) is 0 Å². The second-order valence-electron chi connectivity index (χ2n) is 3.72. The van der Waals surface area contributed by atoms with E-state index in [0.29, 0.717) is 6.54 Å². The summed E-state index contributed by atoms with van der Waals surface area (Å²) in [6.45, 7) is 2.85. The van der Waals surface area contributed by atoms with E-state index in [9.17, 15) is 9.90 Å². The van der Waals surface area contributed by atoms with Crippen molar-refractivity contribution < 1.29 is 15.0 Å². The van der Waals surface area contributed by atoms with E-state index >= 15 is 0 Å². The molecular weight excluding hydrogens is 222 g/mol. The number of hydrogen-bond donors (Lipinski definition) is 3. The van der Waals surface area contributed by atoms with E-state index in [1.54, 1.807) is 0 Å². The average Bonchev–Trinajstić information content (AvgIpc) is 2.28. The number of unbranched alkanes of at least 4 members (excludes halogenated alkanes) is 3. The zero-order chi connectivity index (χ0) is 12.7. The van der Waals surface area contributed by atoms with Gasteiger partial charge in [0.2, 0.25) is 11.8 Å². The Labute approximate surface area is 99.7 Å². The minimum Gasteiger partial charge on any atom is -0.493 e.